The largest absolute Gasteiger partial charge is 0.378 e. The van der Waals surface area contributed by atoms with Crippen molar-refractivity contribution in [2.24, 2.45) is 0 Å². The van der Waals surface area contributed by atoms with Gasteiger partial charge in [0.05, 0.1) is 13.2 Å². The van der Waals surface area contributed by atoms with Crippen molar-refractivity contribution in [1.82, 2.24) is 15.2 Å². The summed E-state index contributed by atoms with van der Waals surface area (Å²) in [4.78, 5) is 24.0. The van der Waals surface area contributed by atoms with Gasteiger partial charge in [0, 0.05) is 63.3 Å². The zero-order chi connectivity index (χ0) is 20.2. The van der Waals surface area contributed by atoms with Crippen LogP contribution in [0.5, 0.6) is 0 Å². The molecule has 1 atom stereocenters. The number of morpholine rings is 1. The molecule has 154 valence electrons. The number of benzene rings is 1. The van der Waals surface area contributed by atoms with Gasteiger partial charge in [-0.3, -0.25) is 0 Å². The van der Waals surface area contributed by atoms with Gasteiger partial charge >= 0.3 is 6.03 Å². The van der Waals surface area contributed by atoms with Gasteiger partial charge in [-0.25, -0.2) is 9.78 Å². The fraction of sp³-hybridized carbons (Fsp3) is 0.455. The number of pyridine rings is 1. The monoisotopic (exact) mass is 395 g/mol. The molecule has 2 aliphatic heterocycles. The van der Waals surface area contributed by atoms with E-state index in [4.69, 9.17) is 4.74 Å². The van der Waals surface area contributed by atoms with Crippen molar-refractivity contribution in [2.45, 2.75) is 26.1 Å². The maximum absolute atomic E-state index is 13.1. The van der Waals surface area contributed by atoms with Gasteiger partial charge in [-0.05, 0) is 24.6 Å². The number of urea groups is 1. The van der Waals surface area contributed by atoms with E-state index in [1.807, 2.05) is 29.2 Å². The molecular weight excluding hydrogens is 366 g/mol. The number of likely N-dealkylation sites (N-methyl/N-ethyl adjacent to an activating group) is 1. The molecule has 1 fully saturated rings. The molecular formula is C22H29N5O2. The Morgan fingerprint density at radius 3 is 2.83 bits per heavy atom. The predicted molar refractivity (Wildman–Crippen MR) is 114 cm³/mol. The number of aromatic nitrogens is 1. The average molecular weight is 396 g/mol. The number of rotatable bonds is 3. The third-order valence-corrected chi connectivity index (χ3v) is 5.68. The molecule has 1 saturated heterocycles. The number of ether oxygens (including phenoxy) is 1. The minimum absolute atomic E-state index is 0.0422. The van der Waals surface area contributed by atoms with Crippen molar-refractivity contribution in [2.75, 3.05) is 49.7 Å². The molecule has 1 N–H and O–H groups in total. The standard InChI is InChI=1S/C22H29N5O2/c1-17-15-25(2)20-8-4-3-6-19(20)16-27(17)22(28)24-14-18-7-5-9-23-21(18)26-10-12-29-13-11-26/h3-9,17H,10-16H2,1-2H3,(H,24,28). The first kappa shape index (κ1) is 19.5. The number of hydrogen-bond donors (Lipinski definition) is 1. The Labute approximate surface area is 172 Å². The van der Waals surface area contributed by atoms with Gasteiger partial charge in [-0.15, -0.1) is 0 Å². The zero-order valence-electron chi connectivity index (χ0n) is 17.2. The first-order chi connectivity index (χ1) is 14.1. The molecule has 2 amide bonds. The van der Waals surface area contributed by atoms with Crippen LogP contribution in [-0.4, -0.2) is 61.9 Å². The molecule has 0 spiro atoms. The van der Waals surface area contributed by atoms with Crippen molar-refractivity contribution in [3.8, 4) is 0 Å². The highest BCUT2D eigenvalue weighted by molar-refractivity contribution is 5.75. The number of nitrogens with zero attached hydrogens (tertiary/aromatic N) is 4. The van der Waals surface area contributed by atoms with Crippen LogP contribution < -0.4 is 15.1 Å². The highest BCUT2D eigenvalue weighted by Gasteiger charge is 2.27. The van der Waals surface area contributed by atoms with E-state index in [0.717, 1.165) is 31.0 Å². The van der Waals surface area contributed by atoms with Gasteiger partial charge in [0.15, 0.2) is 0 Å². The summed E-state index contributed by atoms with van der Waals surface area (Å²) in [5.74, 6) is 0.935. The summed E-state index contributed by atoms with van der Waals surface area (Å²) in [6.45, 7) is 7.04. The average Bonchev–Trinajstić information content (AvgIpc) is 2.89. The predicted octanol–water partition coefficient (Wildman–Crippen LogP) is 2.47. The number of hydrogen-bond acceptors (Lipinski definition) is 5. The van der Waals surface area contributed by atoms with E-state index in [2.05, 4.69) is 46.2 Å². The van der Waals surface area contributed by atoms with Crippen LogP contribution in [0.4, 0.5) is 16.3 Å². The van der Waals surface area contributed by atoms with Crippen LogP contribution in [0.15, 0.2) is 42.6 Å². The van der Waals surface area contributed by atoms with E-state index in [1.54, 1.807) is 6.20 Å². The lowest BCUT2D eigenvalue weighted by Crippen LogP contribution is -2.46. The van der Waals surface area contributed by atoms with Crippen LogP contribution >= 0.6 is 0 Å². The molecule has 0 radical (unpaired) electrons. The van der Waals surface area contributed by atoms with Crippen molar-refractivity contribution >= 4 is 17.5 Å². The Hall–Kier alpha value is -2.80. The molecule has 29 heavy (non-hydrogen) atoms. The number of nitrogens with one attached hydrogen (secondary N) is 1. The quantitative estimate of drug-likeness (QED) is 0.865. The van der Waals surface area contributed by atoms with E-state index in [0.29, 0.717) is 26.3 Å². The fourth-order valence-electron chi connectivity index (χ4n) is 4.12. The molecule has 4 rings (SSSR count). The summed E-state index contributed by atoms with van der Waals surface area (Å²) in [5, 5.41) is 3.12. The van der Waals surface area contributed by atoms with Crippen LogP contribution in [0.2, 0.25) is 0 Å². The summed E-state index contributed by atoms with van der Waals surface area (Å²) < 4.78 is 5.45. The van der Waals surface area contributed by atoms with Gasteiger partial charge in [-0.1, -0.05) is 24.3 Å². The number of para-hydroxylation sites is 1. The Kier molecular flexibility index (Phi) is 5.85. The normalized spacial score (nSPS) is 19.5. The van der Waals surface area contributed by atoms with Crippen LogP contribution in [0.25, 0.3) is 0 Å². The minimum atomic E-state index is -0.0422. The van der Waals surface area contributed by atoms with Gasteiger partial charge in [-0.2, -0.15) is 0 Å². The Bertz CT molecular complexity index is 853. The second-order valence-corrected chi connectivity index (χ2v) is 7.73. The van der Waals surface area contributed by atoms with Gasteiger partial charge in [0.1, 0.15) is 5.82 Å². The number of amides is 2. The number of carbonyl (C=O) groups excluding carboxylic acids is 1. The molecule has 1 aromatic carbocycles. The molecule has 3 heterocycles. The lowest BCUT2D eigenvalue weighted by Gasteiger charge is -2.30. The molecule has 0 bridgehead atoms. The van der Waals surface area contributed by atoms with E-state index in [1.165, 1.54) is 11.3 Å². The van der Waals surface area contributed by atoms with Crippen LogP contribution in [0.1, 0.15) is 18.1 Å². The van der Waals surface area contributed by atoms with Crippen LogP contribution in [0.3, 0.4) is 0 Å². The highest BCUT2D eigenvalue weighted by atomic mass is 16.5. The first-order valence-electron chi connectivity index (χ1n) is 10.2. The molecule has 1 aromatic heterocycles. The third-order valence-electron chi connectivity index (χ3n) is 5.68. The van der Waals surface area contributed by atoms with Crippen molar-refractivity contribution in [3.05, 3.63) is 53.7 Å². The minimum Gasteiger partial charge on any atom is -0.378 e. The highest BCUT2D eigenvalue weighted by Crippen LogP contribution is 2.26. The topological polar surface area (TPSA) is 60.9 Å². The summed E-state index contributed by atoms with van der Waals surface area (Å²) in [5.41, 5.74) is 3.39. The smallest absolute Gasteiger partial charge is 0.318 e. The zero-order valence-corrected chi connectivity index (χ0v) is 17.2. The van der Waals surface area contributed by atoms with Crippen molar-refractivity contribution in [1.29, 1.82) is 0 Å². The van der Waals surface area contributed by atoms with Gasteiger partial charge in [0.2, 0.25) is 0 Å². The van der Waals surface area contributed by atoms with E-state index in [9.17, 15) is 4.79 Å². The second-order valence-electron chi connectivity index (χ2n) is 7.73. The molecule has 7 heteroatoms. The van der Waals surface area contributed by atoms with Gasteiger partial charge in [0.25, 0.3) is 0 Å². The molecule has 0 saturated carbocycles. The maximum Gasteiger partial charge on any atom is 0.318 e. The Morgan fingerprint density at radius 1 is 1.21 bits per heavy atom. The van der Waals surface area contributed by atoms with Crippen LogP contribution in [0, 0.1) is 0 Å². The summed E-state index contributed by atoms with van der Waals surface area (Å²) >= 11 is 0. The van der Waals surface area contributed by atoms with E-state index >= 15 is 0 Å². The fourth-order valence-corrected chi connectivity index (χ4v) is 4.12. The second kappa shape index (κ2) is 8.69. The summed E-state index contributed by atoms with van der Waals surface area (Å²) in [6, 6.07) is 12.3. The number of anilines is 2. The molecule has 1 unspecified atom stereocenters. The van der Waals surface area contributed by atoms with Crippen molar-refractivity contribution < 1.29 is 9.53 Å². The Balaban J connectivity index is 1.46. The van der Waals surface area contributed by atoms with Crippen molar-refractivity contribution in [3.63, 3.8) is 0 Å². The molecule has 2 aliphatic rings. The first-order valence-corrected chi connectivity index (χ1v) is 10.2. The lowest BCUT2D eigenvalue weighted by molar-refractivity contribution is 0.122. The number of carbonyl (C=O) groups is 1. The van der Waals surface area contributed by atoms with Gasteiger partial charge < -0.3 is 24.8 Å². The SMILES string of the molecule is CC1CN(C)c2ccccc2CN1C(=O)NCc1cccnc1N1CCOCC1. The Morgan fingerprint density at radius 2 is 2.00 bits per heavy atom. The van der Waals surface area contributed by atoms with E-state index < -0.39 is 0 Å². The number of fused-ring (bicyclic) bond motifs is 1. The summed E-state index contributed by atoms with van der Waals surface area (Å²) in [6.07, 6.45) is 1.81. The summed E-state index contributed by atoms with van der Waals surface area (Å²) in [7, 11) is 2.08. The lowest BCUT2D eigenvalue weighted by atomic mass is 10.1. The third kappa shape index (κ3) is 4.29. The molecule has 2 aromatic rings. The van der Waals surface area contributed by atoms with Crippen LogP contribution in [-0.2, 0) is 17.8 Å². The van der Waals surface area contributed by atoms with E-state index in [-0.39, 0.29) is 12.1 Å². The maximum atomic E-state index is 13.1. The molecule has 0 aliphatic carbocycles. The molecule has 7 nitrogen and oxygen atoms in total.